The zero-order valence-corrected chi connectivity index (χ0v) is 4.49. The van der Waals surface area contributed by atoms with Gasteiger partial charge in [0.25, 0.3) is 0 Å². The van der Waals surface area contributed by atoms with Gasteiger partial charge in [-0.15, -0.1) is 0 Å². The Hall–Kier alpha value is -0.120. The fourth-order valence-corrected chi connectivity index (χ4v) is 0.968. The molecule has 8 heavy (non-hydrogen) atoms. The van der Waals surface area contributed by atoms with E-state index in [0.717, 1.165) is 0 Å². The summed E-state index contributed by atoms with van der Waals surface area (Å²) in [4.78, 5) is 0. The van der Waals surface area contributed by atoms with E-state index in [1.807, 2.05) is 0 Å². The molecule has 0 aromatic carbocycles. The molecular formula is C5H10O3. The Balaban J connectivity index is 2.39. The molecule has 1 rings (SSSR count). The standard InChI is InChI=1S/C5H10O3/c6-3-1-4(7)5(8)2-3/h3-8H,1-2H2/t3?,4-,5?/m0/s1. The fourth-order valence-electron chi connectivity index (χ4n) is 0.968. The molecule has 2 unspecified atom stereocenters. The van der Waals surface area contributed by atoms with Crippen molar-refractivity contribution in [3.8, 4) is 0 Å². The highest BCUT2D eigenvalue weighted by atomic mass is 16.3. The maximum atomic E-state index is 8.76. The molecule has 3 heteroatoms. The summed E-state index contributed by atoms with van der Waals surface area (Å²) < 4.78 is 0. The summed E-state index contributed by atoms with van der Waals surface area (Å²) in [5.41, 5.74) is 0. The third kappa shape index (κ3) is 0.992. The highest BCUT2D eigenvalue weighted by molar-refractivity contribution is 4.81. The SMILES string of the molecule is OC1CC(O)[C@@H](O)C1. The first kappa shape index (κ1) is 6.01. The molecule has 48 valence electrons. The molecule has 0 saturated heterocycles. The van der Waals surface area contributed by atoms with Crippen LogP contribution < -0.4 is 0 Å². The zero-order valence-electron chi connectivity index (χ0n) is 4.49. The van der Waals surface area contributed by atoms with Crippen LogP contribution in [0.4, 0.5) is 0 Å². The van der Waals surface area contributed by atoms with Crippen molar-refractivity contribution in [2.24, 2.45) is 0 Å². The van der Waals surface area contributed by atoms with E-state index in [1.54, 1.807) is 0 Å². The smallest absolute Gasteiger partial charge is 0.0824 e. The van der Waals surface area contributed by atoms with Crippen LogP contribution in [0.25, 0.3) is 0 Å². The maximum Gasteiger partial charge on any atom is 0.0824 e. The van der Waals surface area contributed by atoms with Crippen molar-refractivity contribution in [2.45, 2.75) is 31.2 Å². The molecule has 3 nitrogen and oxygen atoms in total. The average molecular weight is 118 g/mol. The Bertz CT molecular complexity index is 73.7. The lowest BCUT2D eigenvalue weighted by molar-refractivity contribution is 0.0438. The third-order valence-corrected chi connectivity index (χ3v) is 1.47. The molecule has 0 aromatic rings. The lowest BCUT2D eigenvalue weighted by atomic mass is 10.3. The van der Waals surface area contributed by atoms with Crippen molar-refractivity contribution in [1.29, 1.82) is 0 Å². The van der Waals surface area contributed by atoms with Gasteiger partial charge in [0.05, 0.1) is 18.3 Å². The predicted molar refractivity (Wildman–Crippen MR) is 27.3 cm³/mol. The number of hydrogen-bond acceptors (Lipinski definition) is 3. The summed E-state index contributed by atoms with van der Waals surface area (Å²) in [5.74, 6) is 0. The Labute approximate surface area is 47.6 Å². The number of aliphatic hydroxyl groups excluding tert-OH is 3. The monoisotopic (exact) mass is 118 g/mol. The van der Waals surface area contributed by atoms with E-state index >= 15 is 0 Å². The molecular weight excluding hydrogens is 108 g/mol. The highest BCUT2D eigenvalue weighted by Gasteiger charge is 2.29. The average Bonchev–Trinajstić information content (AvgIpc) is 1.85. The maximum absolute atomic E-state index is 8.76. The second-order valence-electron chi connectivity index (χ2n) is 2.26. The minimum absolute atomic E-state index is 0.321. The Kier molecular flexibility index (Phi) is 1.51. The van der Waals surface area contributed by atoms with E-state index in [-0.39, 0.29) is 0 Å². The predicted octanol–water partition coefficient (Wildman–Crippen LogP) is -1.14. The second-order valence-corrected chi connectivity index (χ2v) is 2.26. The van der Waals surface area contributed by atoms with Crippen LogP contribution in [0.2, 0.25) is 0 Å². The third-order valence-electron chi connectivity index (χ3n) is 1.47. The second kappa shape index (κ2) is 2.01. The van der Waals surface area contributed by atoms with Crippen molar-refractivity contribution < 1.29 is 15.3 Å². The normalized spacial score (nSPS) is 47.6. The van der Waals surface area contributed by atoms with Crippen LogP contribution >= 0.6 is 0 Å². The first-order chi connectivity index (χ1) is 3.70. The molecule has 1 aliphatic carbocycles. The fraction of sp³-hybridized carbons (Fsp3) is 1.00. The van der Waals surface area contributed by atoms with Gasteiger partial charge in [-0.2, -0.15) is 0 Å². The molecule has 1 saturated carbocycles. The molecule has 0 aromatic heterocycles. The Morgan fingerprint density at radius 3 is 1.38 bits per heavy atom. The molecule has 3 N–H and O–H groups in total. The molecule has 0 amide bonds. The summed E-state index contributed by atoms with van der Waals surface area (Å²) in [6.45, 7) is 0. The van der Waals surface area contributed by atoms with Crippen molar-refractivity contribution in [2.75, 3.05) is 0 Å². The van der Waals surface area contributed by atoms with E-state index in [2.05, 4.69) is 0 Å². The van der Waals surface area contributed by atoms with E-state index in [1.165, 1.54) is 0 Å². The first-order valence-electron chi connectivity index (χ1n) is 2.74. The van der Waals surface area contributed by atoms with Gasteiger partial charge in [0.2, 0.25) is 0 Å². The highest BCUT2D eigenvalue weighted by Crippen LogP contribution is 2.18. The van der Waals surface area contributed by atoms with E-state index in [9.17, 15) is 0 Å². The van der Waals surface area contributed by atoms with E-state index < -0.39 is 18.3 Å². The Morgan fingerprint density at radius 1 is 0.875 bits per heavy atom. The van der Waals surface area contributed by atoms with Gasteiger partial charge in [-0.1, -0.05) is 0 Å². The number of aliphatic hydroxyl groups is 3. The molecule has 0 aliphatic heterocycles. The topological polar surface area (TPSA) is 60.7 Å². The lowest BCUT2D eigenvalue weighted by Gasteiger charge is -2.02. The van der Waals surface area contributed by atoms with Gasteiger partial charge in [-0.05, 0) is 0 Å². The molecule has 0 radical (unpaired) electrons. The van der Waals surface area contributed by atoms with Crippen LogP contribution in [-0.4, -0.2) is 33.6 Å². The van der Waals surface area contributed by atoms with Gasteiger partial charge >= 0.3 is 0 Å². The summed E-state index contributed by atoms with van der Waals surface area (Å²) >= 11 is 0. The van der Waals surface area contributed by atoms with Crippen molar-refractivity contribution in [3.05, 3.63) is 0 Å². The van der Waals surface area contributed by atoms with E-state index in [0.29, 0.717) is 12.8 Å². The van der Waals surface area contributed by atoms with Gasteiger partial charge in [0.1, 0.15) is 0 Å². The molecule has 3 atom stereocenters. The summed E-state index contributed by atoms with van der Waals surface area (Å²) in [5, 5.41) is 26.3. The molecule has 1 fully saturated rings. The van der Waals surface area contributed by atoms with Gasteiger partial charge < -0.3 is 15.3 Å². The van der Waals surface area contributed by atoms with Crippen LogP contribution in [0.15, 0.2) is 0 Å². The minimum atomic E-state index is -0.704. The summed E-state index contributed by atoms with van der Waals surface area (Å²) in [6.07, 6.45) is -1.27. The lowest BCUT2D eigenvalue weighted by Crippen LogP contribution is -2.17. The molecule has 0 bridgehead atoms. The zero-order chi connectivity index (χ0) is 6.15. The summed E-state index contributed by atoms with van der Waals surface area (Å²) in [6, 6.07) is 0. The van der Waals surface area contributed by atoms with Gasteiger partial charge in [-0.3, -0.25) is 0 Å². The van der Waals surface area contributed by atoms with Crippen LogP contribution in [0, 0.1) is 0 Å². The molecule has 1 aliphatic rings. The van der Waals surface area contributed by atoms with Crippen LogP contribution in [-0.2, 0) is 0 Å². The van der Waals surface area contributed by atoms with Crippen LogP contribution in [0.5, 0.6) is 0 Å². The van der Waals surface area contributed by atoms with Gasteiger partial charge in [-0.25, -0.2) is 0 Å². The van der Waals surface area contributed by atoms with Gasteiger partial charge in [0, 0.05) is 12.8 Å². The van der Waals surface area contributed by atoms with Crippen molar-refractivity contribution >= 4 is 0 Å². The van der Waals surface area contributed by atoms with Gasteiger partial charge in [0.15, 0.2) is 0 Å². The Morgan fingerprint density at radius 2 is 1.25 bits per heavy atom. The largest absolute Gasteiger partial charge is 0.393 e. The van der Waals surface area contributed by atoms with Crippen LogP contribution in [0.1, 0.15) is 12.8 Å². The summed E-state index contributed by atoms with van der Waals surface area (Å²) in [7, 11) is 0. The van der Waals surface area contributed by atoms with Crippen molar-refractivity contribution in [3.63, 3.8) is 0 Å². The van der Waals surface area contributed by atoms with E-state index in [4.69, 9.17) is 15.3 Å². The first-order valence-corrected chi connectivity index (χ1v) is 2.74. The molecule has 0 heterocycles. The minimum Gasteiger partial charge on any atom is -0.393 e. The quantitative estimate of drug-likeness (QED) is 0.377. The number of hydrogen-bond donors (Lipinski definition) is 3. The van der Waals surface area contributed by atoms with Crippen LogP contribution in [0.3, 0.4) is 0 Å². The molecule has 0 spiro atoms. The number of rotatable bonds is 0. The van der Waals surface area contributed by atoms with Crippen molar-refractivity contribution in [1.82, 2.24) is 0 Å².